The van der Waals surface area contributed by atoms with E-state index in [0.717, 1.165) is 66.6 Å². The van der Waals surface area contributed by atoms with Crippen LogP contribution in [-0.4, -0.2) is 43.6 Å². The lowest BCUT2D eigenvalue weighted by molar-refractivity contribution is 0.0714. The van der Waals surface area contributed by atoms with Gasteiger partial charge in [0.2, 0.25) is 0 Å². The molecular formula is C17H25N5OS. The molecule has 2 aromatic heterocycles. The van der Waals surface area contributed by atoms with Gasteiger partial charge in [-0.25, -0.2) is 4.98 Å². The first kappa shape index (κ1) is 17.1. The molecule has 0 aliphatic carbocycles. The number of aromatic nitrogens is 4. The van der Waals surface area contributed by atoms with Crippen LogP contribution in [0.4, 0.5) is 0 Å². The molecule has 0 spiro atoms. The van der Waals surface area contributed by atoms with E-state index in [-0.39, 0.29) is 5.91 Å². The van der Waals surface area contributed by atoms with Crippen molar-refractivity contribution in [3.63, 3.8) is 0 Å². The van der Waals surface area contributed by atoms with Crippen molar-refractivity contribution in [3.8, 4) is 0 Å². The highest BCUT2D eigenvalue weighted by molar-refractivity contribution is 7.13. The van der Waals surface area contributed by atoms with Crippen LogP contribution in [0, 0.1) is 6.92 Å². The fourth-order valence-electron chi connectivity index (χ4n) is 3.23. The van der Waals surface area contributed by atoms with E-state index in [9.17, 15) is 4.79 Å². The zero-order chi connectivity index (χ0) is 17.1. The summed E-state index contributed by atoms with van der Waals surface area (Å²) in [6.07, 6.45) is 6.88. The molecule has 0 N–H and O–H groups in total. The van der Waals surface area contributed by atoms with E-state index in [0.29, 0.717) is 5.92 Å². The molecule has 1 fully saturated rings. The Morgan fingerprint density at radius 2 is 2.12 bits per heavy atom. The second kappa shape index (κ2) is 7.42. The summed E-state index contributed by atoms with van der Waals surface area (Å²) in [4.78, 5) is 20.2. The third kappa shape index (κ3) is 3.50. The molecule has 24 heavy (non-hydrogen) atoms. The second-order valence-electron chi connectivity index (χ2n) is 6.49. The third-order valence-electron chi connectivity index (χ3n) is 4.67. The van der Waals surface area contributed by atoms with Crippen molar-refractivity contribution in [2.75, 3.05) is 13.1 Å². The number of unbranched alkanes of at least 4 members (excludes halogenated alkanes) is 1. The van der Waals surface area contributed by atoms with Crippen LogP contribution in [0.1, 0.15) is 64.7 Å². The summed E-state index contributed by atoms with van der Waals surface area (Å²) in [5.74, 6) is 1.56. The van der Waals surface area contributed by atoms with E-state index in [4.69, 9.17) is 0 Å². The molecule has 3 heterocycles. The van der Waals surface area contributed by atoms with Gasteiger partial charge in [-0.1, -0.05) is 13.3 Å². The van der Waals surface area contributed by atoms with Crippen molar-refractivity contribution >= 4 is 17.2 Å². The van der Waals surface area contributed by atoms with Crippen LogP contribution in [-0.2, 0) is 13.5 Å². The van der Waals surface area contributed by atoms with Crippen LogP contribution >= 0.6 is 11.3 Å². The SMILES string of the molecule is CCCCc1nc(C)c(C(=O)N2CCC(c3nncn3C)CC2)s1. The first-order valence-electron chi connectivity index (χ1n) is 8.69. The van der Waals surface area contributed by atoms with Crippen LogP contribution in [0.2, 0.25) is 0 Å². The van der Waals surface area contributed by atoms with Gasteiger partial charge in [-0.2, -0.15) is 0 Å². The summed E-state index contributed by atoms with van der Waals surface area (Å²) in [5, 5.41) is 9.27. The van der Waals surface area contributed by atoms with Crippen molar-refractivity contribution in [1.82, 2.24) is 24.6 Å². The van der Waals surface area contributed by atoms with Gasteiger partial charge in [0.15, 0.2) is 0 Å². The minimum atomic E-state index is 0.143. The molecule has 7 heteroatoms. The maximum absolute atomic E-state index is 12.8. The van der Waals surface area contributed by atoms with Crippen molar-refractivity contribution in [1.29, 1.82) is 0 Å². The highest BCUT2D eigenvalue weighted by Gasteiger charge is 2.28. The van der Waals surface area contributed by atoms with Gasteiger partial charge in [0.25, 0.3) is 5.91 Å². The monoisotopic (exact) mass is 347 g/mol. The molecule has 0 atom stereocenters. The lowest BCUT2D eigenvalue weighted by Crippen LogP contribution is -2.38. The van der Waals surface area contributed by atoms with E-state index in [1.165, 1.54) is 0 Å². The number of hydrogen-bond acceptors (Lipinski definition) is 5. The molecular weight excluding hydrogens is 322 g/mol. The molecule has 1 saturated heterocycles. The first-order chi connectivity index (χ1) is 11.6. The summed E-state index contributed by atoms with van der Waals surface area (Å²) in [6, 6.07) is 0. The Labute approximate surface area is 146 Å². The minimum absolute atomic E-state index is 0.143. The molecule has 6 nitrogen and oxygen atoms in total. The number of likely N-dealkylation sites (tertiary alicyclic amines) is 1. The van der Waals surface area contributed by atoms with Crippen molar-refractivity contribution in [3.05, 3.63) is 27.7 Å². The Morgan fingerprint density at radius 1 is 1.38 bits per heavy atom. The lowest BCUT2D eigenvalue weighted by atomic mass is 9.96. The predicted octanol–water partition coefficient (Wildman–Crippen LogP) is 2.94. The molecule has 2 aromatic rings. The highest BCUT2D eigenvalue weighted by atomic mass is 32.1. The van der Waals surface area contributed by atoms with Gasteiger partial charge in [0.05, 0.1) is 10.7 Å². The molecule has 3 rings (SSSR count). The number of aryl methyl sites for hydroxylation is 3. The lowest BCUT2D eigenvalue weighted by Gasteiger charge is -2.31. The molecule has 0 saturated carbocycles. The highest BCUT2D eigenvalue weighted by Crippen LogP contribution is 2.28. The summed E-state index contributed by atoms with van der Waals surface area (Å²) < 4.78 is 1.98. The average Bonchev–Trinajstić information content (AvgIpc) is 3.18. The van der Waals surface area contributed by atoms with Gasteiger partial charge < -0.3 is 9.47 Å². The summed E-state index contributed by atoms with van der Waals surface area (Å²) >= 11 is 1.57. The largest absolute Gasteiger partial charge is 0.338 e. The van der Waals surface area contributed by atoms with E-state index < -0.39 is 0 Å². The number of carbonyl (C=O) groups excluding carboxylic acids is 1. The Balaban J connectivity index is 1.63. The fourth-order valence-corrected chi connectivity index (χ4v) is 4.31. The molecule has 130 valence electrons. The summed E-state index contributed by atoms with van der Waals surface area (Å²) in [7, 11) is 1.98. The zero-order valence-electron chi connectivity index (χ0n) is 14.7. The molecule has 1 amide bonds. The van der Waals surface area contributed by atoms with Gasteiger partial charge >= 0.3 is 0 Å². The Bertz CT molecular complexity index is 700. The van der Waals surface area contributed by atoms with Crippen molar-refractivity contribution < 1.29 is 4.79 Å². The van der Waals surface area contributed by atoms with Crippen LogP contribution in [0.25, 0.3) is 0 Å². The van der Waals surface area contributed by atoms with Gasteiger partial charge in [-0.05, 0) is 32.6 Å². The van der Waals surface area contributed by atoms with Crippen LogP contribution in [0.3, 0.4) is 0 Å². The number of nitrogens with zero attached hydrogens (tertiary/aromatic N) is 5. The quantitative estimate of drug-likeness (QED) is 0.834. The van der Waals surface area contributed by atoms with Crippen LogP contribution < -0.4 is 0 Å². The average molecular weight is 347 g/mol. The minimum Gasteiger partial charge on any atom is -0.338 e. The maximum atomic E-state index is 12.8. The van der Waals surface area contributed by atoms with E-state index in [2.05, 4.69) is 22.1 Å². The molecule has 0 bridgehead atoms. The normalized spacial score (nSPS) is 15.9. The van der Waals surface area contributed by atoms with Gasteiger partial charge in [-0.3, -0.25) is 4.79 Å². The number of rotatable bonds is 5. The smallest absolute Gasteiger partial charge is 0.265 e. The number of amides is 1. The number of hydrogen-bond donors (Lipinski definition) is 0. The fraction of sp³-hybridized carbons (Fsp3) is 0.647. The predicted molar refractivity (Wildman–Crippen MR) is 94.3 cm³/mol. The van der Waals surface area contributed by atoms with Gasteiger partial charge in [0, 0.05) is 26.1 Å². The molecule has 0 unspecified atom stereocenters. The van der Waals surface area contributed by atoms with Crippen molar-refractivity contribution in [2.24, 2.45) is 7.05 Å². The summed E-state index contributed by atoms with van der Waals surface area (Å²) in [5.41, 5.74) is 0.881. The standard InChI is InChI=1S/C17H25N5OS/c1-4-5-6-14-19-12(2)15(24-14)17(23)22-9-7-13(8-10-22)16-20-18-11-21(16)3/h11,13H,4-10H2,1-3H3. The third-order valence-corrected chi connectivity index (χ3v) is 5.88. The number of carbonyl (C=O) groups is 1. The Hall–Kier alpha value is -1.76. The molecule has 1 aliphatic heterocycles. The van der Waals surface area contributed by atoms with Crippen LogP contribution in [0.5, 0.6) is 0 Å². The van der Waals surface area contributed by atoms with E-state index >= 15 is 0 Å². The maximum Gasteiger partial charge on any atom is 0.265 e. The second-order valence-corrected chi connectivity index (χ2v) is 7.58. The number of piperidine rings is 1. The molecule has 1 aliphatic rings. The van der Waals surface area contributed by atoms with Gasteiger partial charge in [-0.15, -0.1) is 21.5 Å². The Morgan fingerprint density at radius 3 is 2.75 bits per heavy atom. The zero-order valence-corrected chi connectivity index (χ0v) is 15.5. The van der Waals surface area contributed by atoms with E-state index in [1.54, 1.807) is 17.7 Å². The molecule has 0 radical (unpaired) electrons. The molecule has 0 aromatic carbocycles. The summed E-state index contributed by atoms with van der Waals surface area (Å²) in [6.45, 7) is 5.68. The van der Waals surface area contributed by atoms with Crippen molar-refractivity contribution in [2.45, 2.75) is 51.9 Å². The van der Waals surface area contributed by atoms with Gasteiger partial charge in [0.1, 0.15) is 17.0 Å². The topological polar surface area (TPSA) is 63.9 Å². The van der Waals surface area contributed by atoms with Crippen LogP contribution in [0.15, 0.2) is 6.33 Å². The Kier molecular flexibility index (Phi) is 5.28. The number of thiazole rings is 1. The van der Waals surface area contributed by atoms with E-state index in [1.807, 2.05) is 23.4 Å². The first-order valence-corrected chi connectivity index (χ1v) is 9.51.